The van der Waals surface area contributed by atoms with E-state index in [-0.39, 0.29) is 0 Å². The summed E-state index contributed by atoms with van der Waals surface area (Å²) < 4.78 is 10.5. The van der Waals surface area contributed by atoms with Crippen molar-refractivity contribution in [3.63, 3.8) is 0 Å². The maximum absolute atomic E-state index is 11.9. The molecule has 6 nitrogen and oxygen atoms in total. The number of carboxylic acid groups (broad SMARTS) is 1. The molecule has 1 aromatic carbocycles. The topological polar surface area (TPSA) is 89.9 Å². The van der Waals surface area contributed by atoms with Gasteiger partial charge < -0.3 is 14.6 Å². The van der Waals surface area contributed by atoms with Crippen LogP contribution in [0.25, 0.3) is 0 Å². The number of esters is 2. The Morgan fingerprint density at radius 1 is 1.08 bits per heavy atom. The molecule has 0 saturated carbocycles. The normalized spacial score (nSPS) is 13.0. The number of hydrogen-bond donors (Lipinski definition) is 1. The number of carbonyl (C=O) groups is 3. The molecule has 0 bridgehead atoms. The van der Waals surface area contributed by atoms with E-state index >= 15 is 0 Å². The minimum absolute atomic E-state index is 0.314. The van der Waals surface area contributed by atoms with Gasteiger partial charge in [-0.05, 0) is 38.2 Å². The van der Waals surface area contributed by atoms with Gasteiger partial charge in [-0.15, -0.1) is 0 Å². The number of benzene rings is 1. The Bertz CT molecular complexity index is 650. The van der Waals surface area contributed by atoms with E-state index in [1.54, 1.807) is 6.92 Å². The first-order chi connectivity index (χ1) is 12.4. The summed E-state index contributed by atoms with van der Waals surface area (Å²) in [6.07, 6.45) is 5.55. The standard InChI is InChI=1S/C20H24O6/c1-3-18(23)25-15-9-5-8-14-20(2,16-10-6-4-7-11-16)26-19(24)13-12-17(21)22/h3-4,6-7,10-13H,1,5,8-9,14-15H2,2H3,(H,21,22). The average Bonchev–Trinajstić information content (AvgIpc) is 2.63. The van der Waals surface area contributed by atoms with Gasteiger partial charge in [0.05, 0.1) is 6.61 Å². The van der Waals surface area contributed by atoms with Gasteiger partial charge in [0, 0.05) is 18.2 Å². The first-order valence-corrected chi connectivity index (χ1v) is 8.36. The molecule has 1 aromatic rings. The molecule has 1 atom stereocenters. The van der Waals surface area contributed by atoms with Crippen molar-refractivity contribution in [3.8, 4) is 0 Å². The van der Waals surface area contributed by atoms with Gasteiger partial charge in [-0.3, -0.25) is 0 Å². The number of carboxylic acids is 1. The lowest BCUT2D eigenvalue weighted by Gasteiger charge is -2.30. The van der Waals surface area contributed by atoms with Gasteiger partial charge >= 0.3 is 17.9 Å². The summed E-state index contributed by atoms with van der Waals surface area (Å²) in [5.74, 6) is -2.37. The zero-order valence-corrected chi connectivity index (χ0v) is 14.8. The lowest BCUT2D eigenvalue weighted by Crippen LogP contribution is -2.28. The zero-order chi connectivity index (χ0) is 19.4. The Balaban J connectivity index is 2.65. The third kappa shape index (κ3) is 7.79. The molecule has 0 saturated heterocycles. The summed E-state index contributed by atoms with van der Waals surface area (Å²) in [5.41, 5.74) is -0.0472. The molecule has 26 heavy (non-hydrogen) atoms. The molecule has 0 spiro atoms. The Labute approximate surface area is 153 Å². The van der Waals surface area contributed by atoms with Crippen LogP contribution < -0.4 is 0 Å². The number of aliphatic carboxylic acids is 1. The zero-order valence-electron chi connectivity index (χ0n) is 14.8. The highest BCUT2D eigenvalue weighted by atomic mass is 16.6. The SMILES string of the molecule is C=CC(=O)OCCCCCC(C)(OC(=O)C=CC(=O)O)c1ccccc1. The molecule has 0 aromatic heterocycles. The van der Waals surface area contributed by atoms with Gasteiger partial charge in [-0.2, -0.15) is 0 Å². The highest BCUT2D eigenvalue weighted by Crippen LogP contribution is 2.31. The van der Waals surface area contributed by atoms with Gasteiger partial charge in [-0.25, -0.2) is 14.4 Å². The van der Waals surface area contributed by atoms with Crippen molar-refractivity contribution in [2.75, 3.05) is 6.61 Å². The third-order valence-corrected chi connectivity index (χ3v) is 3.78. The van der Waals surface area contributed by atoms with Gasteiger partial charge in [0.15, 0.2) is 0 Å². The molecule has 0 amide bonds. The largest absolute Gasteiger partial charge is 0.478 e. The molecular formula is C20H24O6. The Morgan fingerprint density at radius 2 is 1.77 bits per heavy atom. The van der Waals surface area contributed by atoms with Crippen LogP contribution in [0.15, 0.2) is 55.1 Å². The first kappa shape index (κ1) is 21.2. The number of ether oxygens (including phenoxy) is 2. The van der Waals surface area contributed by atoms with E-state index < -0.39 is 23.5 Å². The Kier molecular flexibility index (Phi) is 8.84. The summed E-state index contributed by atoms with van der Waals surface area (Å²) in [6, 6.07) is 9.29. The molecule has 0 aliphatic heterocycles. The Morgan fingerprint density at radius 3 is 2.38 bits per heavy atom. The minimum Gasteiger partial charge on any atom is -0.478 e. The number of hydrogen-bond acceptors (Lipinski definition) is 5. The lowest BCUT2D eigenvalue weighted by molar-refractivity contribution is -0.154. The van der Waals surface area contributed by atoms with Crippen molar-refractivity contribution in [1.29, 1.82) is 0 Å². The predicted octanol–water partition coefficient (Wildman–Crippen LogP) is 3.38. The van der Waals surface area contributed by atoms with Crippen molar-refractivity contribution < 1.29 is 29.0 Å². The van der Waals surface area contributed by atoms with Crippen molar-refractivity contribution in [2.24, 2.45) is 0 Å². The molecule has 140 valence electrons. The van der Waals surface area contributed by atoms with Crippen molar-refractivity contribution in [2.45, 2.75) is 38.2 Å². The van der Waals surface area contributed by atoms with E-state index in [1.807, 2.05) is 30.3 Å². The maximum atomic E-state index is 11.9. The Hall–Kier alpha value is -2.89. The lowest BCUT2D eigenvalue weighted by atomic mass is 9.90. The minimum atomic E-state index is -1.21. The molecule has 1 rings (SSSR count). The second-order valence-electron chi connectivity index (χ2n) is 5.87. The van der Waals surface area contributed by atoms with E-state index in [2.05, 4.69) is 6.58 Å². The van der Waals surface area contributed by atoms with Crippen molar-refractivity contribution in [1.82, 2.24) is 0 Å². The summed E-state index contributed by atoms with van der Waals surface area (Å²) in [5, 5.41) is 8.62. The summed E-state index contributed by atoms with van der Waals surface area (Å²) in [7, 11) is 0. The monoisotopic (exact) mass is 360 g/mol. The van der Waals surface area contributed by atoms with Gasteiger partial charge in [-0.1, -0.05) is 36.9 Å². The van der Waals surface area contributed by atoms with Crippen LogP contribution in [0.2, 0.25) is 0 Å². The van der Waals surface area contributed by atoms with Crippen LogP contribution in [0.1, 0.15) is 38.2 Å². The van der Waals surface area contributed by atoms with Crippen LogP contribution in [0, 0.1) is 0 Å². The fourth-order valence-electron chi connectivity index (χ4n) is 2.41. The molecule has 0 heterocycles. The van der Waals surface area contributed by atoms with Crippen molar-refractivity contribution >= 4 is 17.9 Å². The van der Waals surface area contributed by atoms with E-state index in [9.17, 15) is 14.4 Å². The van der Waals surface area contributed by atoms with Gasteiger partial charge in [0.25, 0.3) is 0 Å². The molecule has 6 heteroatoms. The molecular weight excluding hydrogens is 336 g/mol. The van der Waals surface area contributed by atoms with Crippen LogP contribution in [0.5, 0.6) is 0 Å². The first-order valence-electron chi connectivity index (χ1n) is 8.36. The summed E-state index contributed by atoms with van der Waals surface area (Å²) >= 11 is 0. The molecule has 0 fully saturated rings. The van der Waals surface area contributed by atoms with Crippen LogP contribution in [-0.2, 0) is 29.5 Å². The van der Waals surface area contributed by atoms with Crippen LogP contribution >= 0.6 is 0 Å². The molecule has 1 N–H and O–H groups in total. The second-order valence-corrected chi connectivity index (χ2v) is 5.87. The molecule has 0 aliphatic rings. The van der Waals surface area contributed by atoms with Gasteiger partial charge in [0.2, 0.25) is 0 Å². The summed E-state index contributed by atoms with van der Waals surface area (Å²) in [4.78, 5) is 33.5. The fourth-order valence-corrected chi connectivity index (χ4v) is 2.41. The molecule has 1 unspecified atom stereocenters. The smallest absolute Gasteiger partial charge is 0.331 e. The summed E-state index contributed by atoms with van der Waals surface area (Å²) in [6.45, 7) is 5.44. The number of rotatable bonds is 11. The second kappa shape index (κ2) is 10.9. The molecule has 0 aliphatic carbocycles. The van der Waals surface area contributed by atoms with E-state index in [0.717, 1.165) is 36.6 Å². The van der Waals surface area contributed by atoms with E-state index in [1.165, 1.54) is 0 Å². The molecule has 0 radical (unpaired) electrons. The van der Waals surface area contributed by atoms with Crippen molar-refractivity contribution in [3.05, 3.63) is 60.7 Å². The predicted molar refractivity (Wildman–Crippen MR) is 96.3 cm³/mol. The number of unbranched alkanes of at least 4 members (excludes halogenated alkanes) is 2. The average molecular weight is 360 g/mol. The highest BCUT2D eigenvalue weighted by Gasteiger charge is 2.29. The quantitative estimate of drug-likeness (QED) is 0.370. The van der Waals surface area contributed by atoms with Crippen LogP contribution in [0.3, 0.4) is 0 Å². The highest BCUT2D eigenvalue weighted by molar-refractivity contribution is 5.90. The third-order valence-electron chi connectivity index (χ3n) is 3.78. The van der Waals surface area contributed by atoms with E-state index in [4.69, 9.17) is 14.6 Å². The van der Waals surface area contributed by atoms with Crippen LogP contribution in [-0.4, -0.2) is 29.6 Å². The van der Waals surface area contributed by atoms with Gasteiger partial charge in [0.1, 0.15) is 5.60 Å². The maximum Gasteiger partial charge on any atom is 0.331 e. The van der Waals surface area contributed by atoms with Crippen LogP contribution in [0.4, 0.5) is 0 Å². The number of carbonyl (C=O) groups excluding carboxylic acids is 2. The van der Waals surface area contributed by atoms with E-state index in [0.29, 0.717) is 19.4 Å². The fraction of sp³-hybridized carbons (Fsp3) is 0.350.